The molecule has 0 saturated heterocycles. The minimum Gasteiger partial charge on any atom is -0.453 e. The van der Waals surface area contributed by atoms with E-state index in [1.807, 2.05) is 32.1 Å². The first-order valence-corrected chi connectivity index (χ1v) is 8.54. The number of rotatable bonds is 4. The Morgan fingerprint density at radius 3 is 2.50 bits per heavy atom. The molecule has 4 rings (SSSR count). The van der Waals surface area contributed by atoms with Gasteiger partial charge >= 0.3 is 0 Å². The van der Waals surface area contributed by atoms with E-state index in [1.165, 1.54) is 28.9 Å². The lowest BCUT2D eigenvalue weighted by Crippen LogP contribution is -2.22. The Balaban J connectivity index is 1.68. The molecule has 8 heteroatoms. The van der Waals surface area contributed by atoms with Crippen molar-refractivity contribution in [3.05, 3.63) is 88.3 Å². The van der Waals surface area contributed by atoms with Gasteiger partial charge in [-0.15, -0.1) is 0 Å². The van der Waals surface area contributed by atoms with Gasteiger partial charge in [-0.3, -0.25) is 4.79 Å². The average molecular weight is 377 g/mol. The number of oxazole rings is 1. The molecule has 0 aliphatic rings. The van der Waals surface area contributed by atoms with E-state index in [-0.39, 0.29) is 17.7 Å². The first-order chi connectivity index (χ1) is 13.5. The third-order valence-corrected chi connectivity index (χ3v) is 4.15. The molecule has 0 amide bonds. The fourth-order valence-electron chi connectivity index (χ4n) is 2.88. The number of benzene rings is 2. The fraction of sp³-hybridized carbons (Fsp3) is 0.0500. The van der Waals surface area contributed by atoms with Crippen LogP contribution in [0.3, 0.4) is 0 Å². The van der Waals surface area contributed by atoms with Crippen LogP contribution < -0.4 is 11.2 Å². The summed E-state index contributed by atoms with van der Waals surface area (Å²) >= 11 is 0. The third-order valence-electron chi connectivity index (χ3n) is 4.15. The Hall–Kier alpha value is -3.55. The van der Waals surface area contributed by atoms with Gasteiger partial charge in [-0.05, 0) is 35.9 Å². The number of aromatic nitrogens is 3. The SMILES string of the molecule is Bc1cnc(-c2cccc(Cn3nc(-c4cc(F)cc(F)c4)ccc3=O)c2)o1. The van der Waals surface area contributed by atoms with Crippen LogP contribution in [0.15, 0.2) is 70.0 Å². The van der Waals surface area contributed by atoms with Crippen LogP contribution in [0.4, 0.5) is 8.78 Å². The highest BCUT2D eigenvalue weighted by atomic mass is 19.1. The fourth-order valence-corrected chi connectivity index (χ4v) is 2.88. The largest absolute Gasteiger partial charge is 0.453 e. The molecule has 28 heavy (non-hydrogen) atoms. The van der Waals surface area contributed by atoms with Crippen LogP contribution in [0.5, 0.6) is 0 Å². The van der Waals surface area contributed by atoms with Gasteiger partial charge in [0.1, 0.15) is 11.6 Å². The van der Waals surface area contributed by atoms with Crippen LogP contribution in [0.1, 0.15) is 5.56 Å². The zero-order chi connectivity index (χ0) is 19.7. The summed E-state index contributed by atoms with van der Waals surface area (Å²) in [5, 5.41) is 4.26. The molecule has 0 atom stereocenters. The molecule has 2 aromatic carbocycles. The van der Waals surface area contributed by atoms with Crippen molar-refractivity contribution in [1.29, 1.82) is 0 Å². The molecule has 0 N–H and O–H groups in total. The van der Waals surface area contributed by atoms with E-state index in [2.05, 4.69) is 10.1 Å². The summed E-state index contributed by atoms with van der Waals surface area (Å²) in [5.74, 6) is -0.921. The molecule has 2 heterocycles. The zero-order valence-electron chi connectivity index (χ0n) is 14.9. The molecule has 4 aromatic rings. The molecule has 0 unspecified atom stereocenters. The second-order valence-corrected chi connectivity index (χ2v) is 6.35. The summed E-state index contributed by atoms with van der Waals surface area (Å²) in [5.41, 5.74) is 2.53. The Morgan fingerprint density at radius 1 is 1.00 bits per heavy atom. The van der Waals surface area contributed by atoms with E-state index in [0.717, 1.165) is 17.2 Å². The number of hydrogen-bond donors (Lipinski definition) is 0. The van der Waals surface area contributed by atoms with E-state index >= 15 is 0 Å². The van der Waals surface area contributed by atoms with Crippen molar-refractivity contribution < 1.29 is 13.2 Å². The molecule has 0 radical (unpaired) electrons. The molecule has 0 aliphatic carbocycles. The minimum atomic E-state index is -0.705. The van der Waals surface area contributed by atoms with E-state index in [0.29, 0.717) is 17.2 Å². The Bertz CT molecular complexity index is 1200. The summed E-state index contributed by atoms with van der Waals surface area (Å²) in [4.78, 5) is 16.4. The molecule has 138 valence electrons. The second-order valence-electron chi connectivity index (χ2n) is 6.35. The summed E-state index contributed by atoms with van der Waals surface area (Å²) in [6.07, 6.45) is 1.63. The number of nitrogens with zero attached hydrogens (tertiary/aromatic N) is 3. The molecular weight excluding hydrogens is 363 g/mol. The predicted molar refractivity (Wildman–Crippen MR) is 103 cm³/mol. The lowest BCUT2D eigenvalue weighted by Gasteiger charge is -2.08. The van der Waals surface area contributed by atoms with Crippen molar-refractivity contribution in [2.45, 2.75) is 6.54 Å². The van der Waals surface area contributed by atoms with Gasteiger partial charge in [0.25, 0.3) is 5.56 Å². The second kappa shape index (κ2) is 7.23. The third kappa shape index (κ3) is 3.76. The first kappa shape index (κ1) is 17.8. The van der Waals surface area contributed by atoms with Gasteiger partial charge in [-0.25, -0.2) is 18.4 Å². The van der Waals surface area contributed by atoms with Crippen molar-refractivity contribution in [3.8, 4) is 22.7 Å². The van der Waals surface area contributed by atoms with Crippen molar-refractivity contribution in [1.82, 2.24) is 14.8 Å². The van der Waals surface area contributed by atoms with Gasteiger partial charge in [0.2, 0.25) is 5.89 Å². The smallest absolute Gasteiger partial charge is 0.267 e. The quantitative estimate of drug-likeness (QED) is 0.512. The van der Waals surface area contributed by atoms with Crippen LogP contribution in [0, 0.1) is 11.6 Å². The topological polar surface area (TPSA) is 60.9 Å². The minimum absolute atomic E-state index is 0.192. The molecule has 5 nitrogen and oxygen atoms in total. The van der Waals surface area contributed by atoms with Gasteiger partial charge in [0.05, 0.1) is 24.1 Å². The Kier molecular flexibility index (Phi) is 4.61. The molecule has 0 fully saturated rings. The highest BCUT2D eigenvalue weighted by Gasteiger charge is 2.09. The van der Waals surface area contributed by atoms with Crippen LogP contribution in [0.2, 0.25) is 0 Å². The van der Waals surface area contributed by atoms with Gasteiger partial charge in [-0.2, -0.15) is 5.10 Å². The van der Waals surface area contributed by atoms with Crippen LogP contribution >= 0.6 is 0 Å². The van der Waals surface area contributed by atoms with Crippen molar-refractivity contribution >= 4 is 13.5 Å². The van der Waals surface area contributed by atoms with E-state index in [1.54, 1.807) is 6.20 Å². The van der Waals surface area contributed by atoms with Crippen LogP contribution in [0.25, 0.3) is 22.7 Å². The van der Waals surface area contributed by atoms with Gasteiger partial charge in [-0.1, -0.05) is 12.1 Å². The number of halogens is 2. The highest BCUT2D eigenvalue weighted by Crippen LogP contribution is 2.20. The van der Waals surface area contributed by atoms with E-state index in [9.17, 15) is 13.6 Å². The molecule has 2 aromatic heterocycles. The standard InChI is InChI=1S/C20H14BF2N3O2/c21-18-10-24-20(28-18)13-3-1-2-12(6-13)11-26-19(27)5-4-17(25-26)14-7-15(22)9-16(23)8-14/h1-10H,11,21H2. The summed E-state index contributed by atoms with van der Waals surface area (Å²) in [6.45, 7) is 0.192. The van der Waals surface area contributed by atoms with Crippen molar-refractivity contribution in [2.24, 2.45) is 0 Å². The Labute approximate surface area is 159 Å². The number of hydrogen-bond acceptors (Lipinski definition) is 4. The van der Waals surface area contributed by atoms with Gasteiger partial charge in [0, 0.05) is 23.3 Å². The van der Waals surface area contributed by atoms with Gasteiger partial charge in [0.15, 0.2) is 7.85 Å². The molecule has 0 saturated carbocycles. The van der Waals surface area contributed by atoms with E-state index < -0.39 is 11.6 Å². The molecule has 0 spiro atoms. The lowest BCUT2D eigenvalue weighted by molar-refractivity contribution is 0.583. The summed E-state index contributed by atoms with van der Waals surface area (Å²) in [7, 11) is 1.81. The first-order valence-electron chi connectivity index (χ1n) is 8.54. The van der Waals surface area contributed by atoms with Crippen LogP contribution in [-0.2, 0) is 6.54 Å². The maximum absolute atomic E-state index is 13.5. The average Bonchev–Trinajstić information content (AvgIpc) is 3.09. The maximum Gasteiger partial charge on any atom is 0.267 e. The lowest BCUT2D eigenvalue weighted by atomic mass is 10.1. The monoisotopic (exact) mass is 377 g/mol. The molecular formula is C20H14BF2N3O2. The summed E-state index contributed by atoms with van der Waals surface area (Å²) < 4.78 is 33.8. The molecule has 0 aliphatic heterocycles. The van der Waals surface area contributed by atoms with E-state index in [4.69, 9.17) is 4.42 Å². The molecule has 0 bridgehead atoms. The zero-order valence-corrected chi connectivity index (χ0v) is 14.9. The van der Waals surface area contributed by atoms with Crippen molar-refractivity contribution in [2.75, 3.05) is 0 Å². The maximum atomic E-state index is 13.5. The summed E-state index contributed by atoms with van der Waals surface area (Å²) in [6, 6.07) is 13.3. The normalized spacial score (nSPS) is 10.9. The highest BCUT2D eigenvalue weighted by molar-refractivity contribution is 6.29. The van der Waals surface area contributed by atoms with Crippen molar-refractivity contribution in [3.63, 3.8) is 0 Å². The van der Waals surface area contributed by atoms with Gasteiger partial charge < -0.3 is 4.42 Å². The predicted octanol–water partition coefficient (Wildman–Crippen LogP) is 2.15. The van der Waals surface area contributed by atoms with Crippen LogP contribution in [-0.4, -0.2) is 22.6 Å². The Morgan fingerprint density at radius 2 is 1.79 bits per heavy atom.